The standard InChI is InChI=1S/C28H34BrF2N5O3S/c1-35-22(10-7-5-3-2-4-6-9-19-16-28(30,31)17-19)24(21-15-20(29)18-32-25(21)35)26(37)36(13-14-40)12-8-11-23-33-27(38)39-34-23/h15,18-19,40H,2-5,7-8,10-14,16-17H2,1H3,(H,33,34,38). The third-order valence-electron chi connectivity index (χ3n) is 7.17. The Morgan fingerprint density at radius 2 is 2.02 bits per heavy atom. The zero-order valence-electron chi connectivity index (χ0n) is 22.5. The molecule has 1 saturated carbocycles. The molecule has 0 atom stereocenters. The number of nitrogens with one attached hydrogen (secondary N) is 1. The number of halogens is 3. The topological polar surface area (TPSA) is 97.0 Å². The molecule has 4 rings (SSSR count). The van der Waals surface area contributed by atoms with Gasteiger partial charge < -0.3 is 9.47 Å². The maximum atomic E-state index is 14.0. The van der Waals surface area contributed by atoms with Crippen LogP contribution in [-0.2, 0) is 19.9 Å². The van der Waals surface area contributed by atoms with Crippen LogP contribution in [0.5, 0.6) is 0 Å². The van der Waals surface area contributed by atoms with Gasteiger partial charge in [-0.05, 0) is 47.7 Å². The van der Waals surface area contributed by atoms with E-state index < -0.39 is 11.7 Å². The van der Waals surface area contributed by atoms with E-state index in [1.54, 1.807) is 11.1 Å². The van der Waals surface area contributed by atoms with Crippen molar-refractivity contribution in [1.29, 1.82) is 0 Å². The van der Waals surface area contributed by atoms with E-state index in [1.807, 2.05) is 17.7 Å². The Labute approximate surface area is 245 Å². The molecular formula is C28H34BrF2N5O3S. The van der Waals surface area contributed by atoms with Crippen LogP contribution in [0.15, 0.2) is 26.1 Å². The maximum absolute atomic E-state index is 14.0. The number of unbranched alkanes of at least 4 members (excludes halogenated alkanes) is 4. The first-order valence-electron chi connectivity index (χ1n) is 13.6. The summed E-state index contributed by atoms with van der Waals surface area (Å²) in [6.45, 7) is 0.957. The van der Waals surface area contributed by atoms with Crippen molar-refractivity contribution < 1.29 is 18.1 Å². The molecule has 1 amide bonds. The number of amides is 1. The van der Waals surface area contributed by atoms with E-state index >= 15 is 0 Å². The molecule has 0 unspecified atom stereocenters. The lowest BCUT2D eigenvalue weighted by Crippen LogP contribution is -2.34. The van der Waals surface area contributed by atoms with Crippen molar-refractivity contribution in [3.8, 4) is 11.8 Å². The van der Waals surface area contributed by atoms with Crippen molar-refractivity contribution in [3.05, 3.63) is 44.4 Å². The fourth-order valence-electron chi connectivity index (χ4n) is 5.10. The summed E-state index contributed by atoms with van der Waals surface area (Å²) in [6.07, 6.45) is 7.85. The molecule has 8 nitrogen and oxygen atoms in total. The van der Waals surface area contributed by atoms with Crippen LogP contribution >= 0.6 is 28.6 Å². The monoisotopic (exact) mass is 637 g/mol. The number of carbonyl (C=O) groups excluding carboxylic acids is 1. The van der Waals surface area contributed by atoms with E-state index in [9.17, 15) is 18.4 Å². The average Bonchev–Trinajstić information content (AvgIpc) is 3.43. The van der Waals surface area contributed by atoms with Gasteiger partial charge in [-0.15, -0.1) is 5.92 Å². The third kappa shape index (κ3) is 7.75. The van der Waals surface area contributed by atoms with Gasteiger partial charge in [0.2, 0.25) is 0 Å². The van der Waals surface area contributed by atoms with Crippen molar-refractivity contribution in [2.45, 2.75) is 70.1 Å². The number of fused-ring (bicyclic) bond motifs is 1. The molecule has 1 N–H and O–H groups in total. The molecule has 0 saturated heterocycles. The van der Waals surface area contributed by atoms with E-state index in [4.69, 9.17) is 0 Å². The van der Waals surface area contributed by atoms with E-state index in [-0.39, 0.29) is 24.7 Å². The van der Waals surface area contributed by atoms with Crippen LogP contribution in [0.2, 0.25) is 0 Å². The minimum absolute atomic E-state index is 0.0694. The molecule has 3 heterocycles. The van der Waals surface area contributed by atoms with Crippen LogP contribution < -0.4 is 5.76 Å². The van der Waals surface area contributed by atoms with Crippen molar-refractivity contribution >= 4 is 45.5 Å². The number of thiol groups is 1. The Kier molecular flexibility index (Phi) is 10.5. The molecule has 12 heteroatoms. The highest BCUT2D eigenvalue weighted by molar-refractivity contribution is 9.10. The zero-order chi connectivity index (χ0) is 28.7. The van der Waals surface area contributed by atoms with Gasteiger partial charge in [-0.3, -0.25) is 14.3 Å². The summed E-state index contributed by atoms with van der Waals surface area (Å²) in [5.41, 5.74) is 2.36. The molecule has 3 aromatic rings. The maximum Gasteiger partial charge on any atom is 0.438 e. The van der Waals surface area contributed by atoms with Gasteiger partial charge in [0.15, 0.2) is 5.82 Å². The Balaban J connectivity index is 1.39. The van der Waals surface area contributed by atoms with Crippen LogP contribution in [0.3, 0.4) is 0 Å². The number of aromatic amines is 1. The molecule has 1 fully saturated rings. The molecule has 0 bridgehead atoms. The minimum atomic E-state index is -2.52. The average molecular weight is 639 g/mol. The quantitative estimate of drug-likeness (QED) is 0.145. The molecule has 0 aliphatic heterocycles. The third-order valence-corrected chi connectivity index (χ3v) is 7.81. The van der Waals surface area contributed by atoms with Gasteiger partial charge in [0.25, 0.3) is 11.8 Å². The lowest BCUT2D eigenvalue weighted by Gasteiger charge is -2.31. The predicted octanol–water partition coefficient (Wildman–Crippen LogP) is 5.56. The molecule has 3 aromatic heterocycles. The number of rotatable bonds is 13. The van der Waals surface area contributed by atoms with Gasteiger partial charge in [-0.2, -0.15) is 12.6 Å². The second-order valence-electron chi connectivity index (χ2n) is 10.3. The van der Waals surface area contributed by atoms with E-state index in [1.165, 1.54) is 0 Å². The van der Waals surface area contributed by atoms with Gasteiger partial charge in [0.1, 0.15) is 5.65 Å². The highest BCUT2D eigenvalue weighted by atomic mass is 79.9. The van der Waals surface area contributed by atoms with Gasteiger partial charge in [-0.25, -0.2) is 18.6 Å². The lowest BCUT2D eigenvalue weighted by molar-refractivity contribution is -0.0936. The number of nitrogens with zero attached hydrogens (tertiary/aromatic N) is 4. The van der Waals surface area contributed by atoms with E-state index in [0.717, 1.165) is 59.7 Å². The summed E-state index contributed by atoms with van der Waals surface area (Å²) < 4.78 is 33.2. The molecular weight excluding hydrogens is 604 g/mol. The molecule has 40 heavy (non-hydrogen) atoms. The Morgan fingerprint density at radius 3 is 2.73 bits per heavy atom. The summed E-state index contributed by atoms with van der Waals surface area (Å²) >= 11 is 7.88. The van der Waals surface area contributed by atoms with Crippen molar-refractivity contribution in [2.24, 2.45) is 13.0 Å². The van der Waals surface area contributed by atoms with Crippen LogP contribution in [-0.4, -0.2) is 55.3 Å². The van der Waals surface area contributed by atoms with Crippen LogP contribution in [0, 0.1) is 17.8 Å². The fraction of sp³-hybridized carbons (Fsp3) is 0.571. The minimum Gasteiger partial charge on any atom is -0.338 e. The molecule has 1 aliphatic rings. The summed E-state index contributed by atoms with van der Waals surface area (Å²) in [5.74, 6) is 3.67. The van der Waals surface area contributed by atoms with Gasteiger partial charge in [0.05, 0.1) is 5.56 Å². The van der Waals surface area contributed by atoms with E-state index in [0.29, 0.717) is 43.1 Å². The Hall–Kier alpha value is -2.65. The number of aryl methyl sites for hydroxylation is 2. The van der Waals surface area contributed by atoms with Crippen molar-refractivity contribution in [3.63, 3.8) is 0 Å². The highest BCUT2D eigenvalue weighted by Gasteiger charge is 2.44. The predicted molar refractivity (Wildman–Crippen MR) is 156 cm³/mol. The SMILES string of the molecule is Cn1c(CCCCCCC#CC2CC(F)(F)C2)c(C(=O)N(CCS)CCCc2noc(=O)[nH]2)c2cc(Br)cnc21. The first-order valence-corrected chi connectivity index (χ1v) is 15.0. The normalized spacial score (nSPS) is 14.6. The van der Waals surface area contributed by atoms with Crippen LogP contribution in [0.25, 0.3) is 11.0 Å². The number of pyridine rings is 1. The smallest absolute Gasteiger partial charge is 0.338 e. The number of hydrogen-bond donors (Lipinski definition) is 2. The summed E-state index contributed by atoms with van der Waals surface area (Å²) in [4.78, 5) is 34.1. The molecule has 216 valence electrons. The van der Waals surface area contributed by atoms with Crippen LogP contribution in [0.1, 0.15) is 73.2 Å². The second-order valence-corrected chi connectivity index (χ2v) is 11.6. The lowest BCUT2D eigenvalue weighted by atomic mass is 9.82. The number of H-pyrrole nitrogens is 1. The fourth-order valence-corrected chi connectivity index (χ4v) is 5.68. The molecule has 0 radical (unpaired) electrons. The van der Waals surface area contributed by atoms with Crippen LogP contribution in [0.4, 0.5) is 8.78 Å². The van der Waals surface area contributed by atoms with Gasteiger partial charge >= 0.3 is 5.76 Å². The van der Waals surface area contributed by atoms with Gasteiger partial charge in [-0.1, -0.05) is 23.9 Å². The summed E-state index contributed by atoms with van der Waals surface area (Å²) in [5, 5.41) is 4.51. The highest BCUT2D eigenvalue weighted by Crippen LogP contribution is 2.41. The van der Waals surface area contributed by atoms with Gasteiger partial charge in [0, 0.05) is 79.2 Å². The number of carbonyl (C=O) groups is 1. The summed E-state index contributed by atoms with van der Waals surface area (Å²) in [7, 11) is 1.94. The largest absolute Gasteiger partial charge is 0.438 e. The molecule has 1 aliphatic carbocycles. The number of hydrogen-bond acceptors (Lipinski definition) is 6. The Morgan fingerprint density at radius 1 is 1.25 bits per heavy atom. The molecule has 0 spiro atoms. The van der Waals surface area contributed by atoms with Crippen molar-refractivity contribution in [2.75, 3.05) is 18.8 Å². The summed E-state index contributed by atoms with van der Waals surface area (Å²) in [6, 6.07) is 1.94. The number of aromatic nitrogens is 4. The second kappa shape index (κ2) is 13.8. The van der Waals surface area contributed by atoms with E-state index in [2.05, 4.69) is 60.0 Å². The van der Waals surface area contributed by atoms with Crippen molar-refractivity contribution in [1.82, 2.24) is 24.6 Å². The zero-order valence-corrected chi connectivity index (χ0v) is 25.0. The first kappa shape index (κ1) is 30.3. The Bertz CT molecular complexity index is 1430. The first-order chi connectivity index (χ1) is 19.2. The molecule has 0 aromatic carbocycles. The number of alkyl halides is 2.